The molecule has 6 atom stereocenters. The topological polar surface area (TPSA) is 74.6 Å². The summed E-state index contributed by atoms with van der Waals surface area (Å²) in [6.07, 6.45) is -1.18. The zero-order chi connectivity index (χ0) is 35.4. The predicted octanol–water partition coefficient (Wildman–Crippen LogP) is 7.24. The highest BCUT2D eigenvalue weighted by Gasteiger charge is 2.50. The lowest BCUT2D eigenvalue weighted by atomic mass is 9.78. The maximum atomic E-state index is 14.1. The lowest BCUT2D eigenvalue weighted by molar-refractivity contribution is -0.177. The van der Waals surface area contributed by atoms with Gasteiger partial charge in [-0.15, -0.1) is 0 Å². The van der Waals surface area contributed by atoms with Crippen LogP contribution in [0.15, 0.2) is 33.3 Å². The molecule has 0 N–H and O–H groups in total. The van der Waals surface area contributed by atoms with Gasteiger partial charge in [0.15, 0.2) is 0 Å². The van der Waals surface area contributed by atoms with Gasteiger partial charge < -0.3 is 14.5 Å². The van der Waals surface area contributed by atoms with Crippen LogP contribution >= 0.6 is 0 Å². The van der Waals surface area contributed by atoms with Gasteiger partial charge in [0.05, 0.1) is 20.4 Å². The van der Waals surface area contributed by atoms with Crippen molar-refractivity contribution in [2.24, 2.45) is 33.7 Å². The van der Waals surface area contributed by atoms with E-state index < -0.39 is 35.6 Å². The maximum Gasteiger partial charge on any atom is 0.412 e. The Balaban J connectivity index is 1.58. The number of carbonyl (C=O) groups excluding carboxylic acids is 2. The molecule has 266 valence electrons. The van der Waals surface area contributed by atoms with Crippen LogP contribution < -0.4 is 0 Å². The van der Waals surface area contributed by atoms with E-state index in [0.717, 1.165) is 31.9 Å². The third-order valence-electron chi connectivity index (χ3n) is 10.4. The van der Waals surface area contributed by atoms with Crippen LogP contribution in [0, 0.1) is 23.7 Å². The predicted molar refractivity (Wildman–Crippen MR) is 173 cm³/mol. The van der Waals surface area contributed by atoms with E-state index in [-0.39, 0.29) is 66.5 Å². The fourth-order valence-electron chi connectivity index (χ4n) is 7.80. The minimum atomic E-state index is -4.93. The summed E-state index contributed by atoms with van der Waals surface area (Å²) in [7, 11) is 5.95. The first-order valence-electron chi connectivity index (χ1n) is 17.2. The SMILES string of the molecule is [B]C1C=NC(N(CC2=CC(C(F)(F)F)C(C)C(C(F)(F)F)=C2)C2C[C@@H](CC)N(C(=O)C3CCC(CC(=O)OCC)CC3)[C@@H](CC)C2)=NC1. The van der Waals surface area contributed by atoms with E-state index >= 15 is 0 Å². The van der Waals surface area contributed by atoms with Crippen LogP contribution in [-0.4, -0.2) is 91.9 Å². The first-order chi connectivity index (χ1) is 22.6. The molecule has 4 rings (SSSR count). The zero-order valence-corrected chi connectivity index (χ0v) is 28.2. The lowest BCUT2D eigenvalue weighted by Gasteiger charge is -2.50. The molecule has 1 saturated carbocycles. The largest absolute Gasteiger partial charge is 0.466 e. The summed E-state index contributed by atoms with van der Waals surface area (Å²) in [5.74, 6) is -4.45. The Kier molecular flexibility index (Phi) is 12.5. The maximum absolute atomic E-state index is 14.1. The molecule has 0 aromatic carbocycles. The molecule has 7 nitrogen and oxygen atoms in total. The highest BCUT2D eigenvalue weighted by molar-refractivity contribution is 6.22. The number of carbonyl (C=O) groups is 2. The minimum Gasteiger partial charge on any atom is -0.466 e. The molecule has 0 spiro atoms. The summed E-state index contributed by atoms with van der Waals surface area (Å²) in [5, 5.41) is 0. The Morgan fingerprint density at radius 2 is 1.65 bits per heavy atom. The Bertz CT molecular complexity index is 1260. The normalized spacial score (nSPS) is 31.5. The molecule has 2 heterocycles. The van der Waals surface area contributed by atoms with Gasteiger partial charge in [-0.1, -0.05) is 26.8 Å². The van der Waals surface area contributed by atoms with Crippen LogP contribution in [-0.2, 0) is 14.3 Å². The highest BCUT2D eigenvalue weighted by Crippen LogP contribution is 2.46. The van der Waals surface area contributed by atoms with Crippen molar-refractivity contribution in [1.82, 2.24) is 9.80 Å². The number of amides is 1. The number of ether oxygens (including phenoxy) is 1. The highest BCUT2D eigenvalue weighted by atomic mass is 19.4. The van der Waals surface area contributed by atoms with E-state index in [1.807, 2.05) is 18.7 Å². The van der Waals surface area contributed by atoms with Crippen molar-refractivity contribution in [3.63, 3.8) is 0 Å². The van der Waals surface area contributed by atoms with Crippen LogP contribution in [0.4, 0.5) is 26.3 Å². The van der Waals surface area contributed by atoms with Gasteiger partial charge in [0.2, 0.25) is 11.9 Å². The number of piperidine rings is 1. The third kappa shape index (κ3) is 9.05. The number of guanidine groups is 1. The Morgan fingerprint density at radius 3 is 2.15 bits per heavy atom. The van der Waals surface area contributed by atoms with Crippen LogP contribution in [0.5, 0.6) is 0 Å². The Morgan fingerprint density at radius 1 is 1.02 bits per heavy atom. The molecule has 14 heteroatoms. The van der Waals surface area contributed by atoms with Gasteiger partial charge in [0.25, 0.3) is 0 Å². The van der Waals surface area contributed by atoms with Gasteiger partial charge >= 0.3 is 18.3 Å². The molecular weight excluding hydrogens is 637 g/mol. The quantitative estimate of drug-likeness (QED) is 0.146. The first kappa shape index (κ1) is 38.0. The standard InChI is InChI=1S/C34H47BF6N4O3/c1-5-25-15-27(16-26(6-2)45(25)31(47)23-10-8-21(9-11-23)14-30(46)48-7-3)44(32-42-17-24(35)18-43-32)19-22-12-28(33(36,37)38)20(4)29(13-22)34(39,40)41/h12-13,17,20-21,23-28H,5-11,14-16,18-19H2,1-4H3/t20?,21?,23?,24?,25-,26+,27?,28?. The summed E-state index contributed by atoms with van der Waals surface area (Å²) in [5.41, 5.74) is -1.32. The summed E-state index contributed by atoms with van der Waals surface area (Å²) in [4.78, 5) is 38.6. The molecule has 2 aliphatic heterocycles. The smallest absolute Gasteiger partial charge is 0.412 e. The first-order valence-corrected chi connectivity index (χ1v) is 17.2. The van der Waals surface area contributed by atoms with Gasteiger partial charge in [-0.2, -0.15) is 26.3 Å². The molecule has 2 radical (unpaired) electrons. The lowest BCUT2D eigenvalue weighted by Crippen LogP contribution is -2.59. The number of halogens is 6. The molecule has 0 aromatic rings. The van der Waals surface area contributed by atoms with E-state index in [2.05, 4.69) is 9.98 Å². The summed E-state index contributed by atoms with van der Waals surface area (Å²) in [6, 6.07) is -0.733. The third-order valence-corrected chi connectivity index (χ3v) is 10.4. The summed E-state index contributed by atoms with van der Waals surface area (Å²) < 4.78 is 89.1. The van der Waals surface area contributed by atoms with Crippen molar-refractivity contribution in [2.45, 2.75) is 122 Å². The average Bonchev–Trinajstić information content (AvgIpc) is 3.03. The molecule has 1 saturated heterocycles. The fourth-order valence-corrected chi connectivity index (χ4v) is 7.80. The van der Waals surface area contributed by atoms with E-state index in [1.54, 1.807) is 11.8 Å². The molecule has 1 amide bonds. The van der Waals surface area contributed by atoms with Crippen LogP contribution in [0.1, 0.15) is 85.5 Å². The second-order valence-electron chi connectivity index (χ2n) is 13.6. The van der Waals surface area contributed by atoms with Gasteiger partial charge in [-0.05, 0) is 81.7 Å². The van der Waals surface area contributed by atoms with Crippen molar-refractivity contribution in [2.75, 3.05) is 19.7 Å². The van der Waals surface area contributed by atoms with Crippen molar-refractivity contribution >= 4 is 31.9 Å². The van der Waals surface area contributed by atoms with E-state index in [9.17, 15) is 35.9 Å². The van der Waals surface area contributed by atoms with Crippen molar-refractivity contribution < 1.29 is 40.7 Å². The summed E-state index contributed by atoms with van der Waals surface area (Å²) in [6.45, 7) is 6.95. The number of aliphatic imine (C=N–C) groups is 2. The minimum absolute atomic E-state index is 0.0713. The fraction of sp³-hybridized carbons (Fsp3) is 0.765. The molecule has 2 fully saturated rings. The molecule has 48 heavy (non-hydrogen) atoms. The average molecular weight is 685 g/mol. The van der Waals surface area contributed by atoms with Gasteiger partial charge in [0.1, 0.15) is 0 Å². The molecule has 2 aliphatic carbocycles. The second-order valence-corrected chi connectivity index (χ2v) is 13.6. The van der Waals surface area contributed by atoms with E-state index in [1.165, 1.54) is 6.21 Å². The van der Waals surface area contributed by atoms with Crippen LogP contribution in [0.25, 0.3) is 0 Å². The van der Waals surface area contributed by atoms with Gasteiger partial charge in [-0.3, -0.25) is 14.6 Å². The summed E-state index contributed by atoms with van der Waals surface area (Å²) >= 11 is 0. The monoisotopic (exact) mass is 684 g/mol. The second kappa shape index (κ2) is 15.8. The van der Waals surface area contributed by atoms with E-state index in [4.69, 9.17) is 12.6 Å². The molecule has 4 unspecified atom stereocenters. The molecule has 0 bridgehead atoms. The molecule has 4 aliphatic rings. The number of rotatable bonds is 9. The number of likely N-dealkylation sites (tertiary alicyclic amines) is 1. The van der Waals surface area contributed by atoms with Gasteiger partial charge in [0, 0.05) is 61.3 Å². The van der Waals surface area contributed by atoms with Crippen LogP contribution in [0.3, 0.4) is 0 Å². The zero-order valence-electron chi connectivity index (χ0n) is 28.2. The van der Waals surface area contributed by atoms with Crippen molar-refractivity contribution in [3.05, 3.63) is 23.3 Å². The van der Waals surface area contributed by atoms with E-state index in [0.29, 0.717) is 51.6 Å². The number of esters is 1. The molecular formula is C34H47BF6N4O3. The Hall–Kier alpha value is -2.80. The van der Waals surface area contributed by atoms with Crippen molar-refractivity contribution in [3.8, 4) is 0 Å². The van der Waals surface area contributed by atoms with Gasteiger partial charge in [-0.25, -0.2) is 4.99 Å². The van der Waals surface area contributed by atoms with Crippen molar-refractivity contribution in [1.29, 1.82) is 0 Å². The number of hydrogen-bond acceptors (Lipinski definition) is 6. The Labute approximate surface area is 280 Å². The molecule has 0 aromatic heterocycles. The van der Waals surface area contributed by atoms with Crippen LogP contribution in [0.2, 0.25) is 5.82 Å². The number of nitrogens with zero attached hydrogens (tertiary/aromatic N) is 4. The number of hydrogen-bond donors (Lipinski definition) is 0. The number of allylic oxidation sites excluding steroid dienone is 2. The number of alkyl halides is 6.